The quantitative estimate of drug-likeness (QED) is 0.682. The Bertz CT molecular complexity index is 823. The van der Waals surface area contributed by atoms with E-state index in [4.69, 9.17) is 0 Å². The first-order valence-electron chi connectivity index (χ1n) is 7.30. The van der Waals surface area contributed by atoms with E-state index in [2.05, 4.69) is 6.92 Å². The van der Waals surface area contributed by atoms with E-state index in [0.29, 0.717) is 10.9 Å². The van der Waals surface area contributed by atoms with E-state index in [1.54, 1.807) is 6.07 Å². The van der Waals surface area contributed by atoms with E-state index < -0.39 is 17.4 Å². The number of hydrogen-bond donors (Lipinski definition) is 1. The molecule has 0 saturated carbocycles. The molecule has 0 aliphatic carbocycles. The van der Waals surface area contributed by atoms with Gasteiger partial charge >= 0.3 is 0 Å². The second-order valence-corrected chi connectivity index (χ2v) is 5.40. The van der Waals surface area contributed by atoms with Crippen LogP contribution in [0.25, 0.3) is 21.9 Å². The Hall–Kier alpha value is -2.42. The van der Waals surface area contributed by atoms with Crippen LogP contribution in [0.1, 0.15) is 18.9 Å². The number of phenolic OH excluding ortho intramolecular Hbond substituents is 1. The number of aryl methyl sites for hydroxylation is 1. The van der Waals surface area contributed by atoms with E-state index >= 15 is 0 Å². The van der Waals surface area contributed by atoms with E-state index in [1.165, 1.54) is 23.8 Å². The molecule has 0 aliphatic heterocycles. The smallest absolute Gasteiger partial charge is 0.175 e. The van der Waals surface area contributed by atoms with Gasteiger partial charge in [-0.1, -0.05) is 43.7 Å². The second-order valence-electron chi connectivity index (χ2n) is 5.40. The topological polar surface area (TPSA) is 20.2 Å². The largest absolute Gasteiger partial charge is 0.505 e. The standard InChI is InChI=1S/C19H16F2O/c1-2-3-12-4-6-13(7-5-12)15-10-14-8-9-17(22)19(21)18(14)16(20)11-15/h4-11,22H,2-3H2,1H3. The van der Waals surface area contributed by atoms with Crippen LogP contribution in [0.4, 0.5) is 8.78 Å². The summed E-state index contributed by atoms with van der Waals surface area (Å²) in [5, 5.41) is 9.63. The second kappa shape index (κ2) is 5.76. The zero-order chi connectivity index (χ0) is 15.7. The number of rotatable bonds is 3. The van der Waals surface area contributed by atoms with Gasteiger partial charge in [-0.3, -0.25) is 0 Å². The van der Waals surface area contributed by atoms with Gasteiger partial charge in [0.2, 0.25) is 0 Å². The molecule has 112 valence electrons. The highest BCUT2D eigenvalue weighted by Crippen LogP contribution is 2.32. The Morgan fingerprint density at radius 1 is 0.909 bits per heavy atom. The van der Waals surface area contributed by atoms with Crippen LogP contribution in [-0.2, 0) is 6.42 Å². The van der Waals surface area contributed by atoms with Gasteiger partial charge in [0.05, 0.1) is 5.39 Å². The third-order valence-electron chi connectivity index (χ3n) is 3.81. The van der Waals surface area contributed by atoms with E-state index in [0.717, 1.165) is 18.4 Å². The van der Waals surface area contributed by atoms with Gasteiger partial charge in [0.15, 0.2) is 11.6 Å². The molecule has 0 radical (unpaired) electrons. The molecule has 3 heteroatoms. The molecule has 0 unspecified atom stereocenters. The third kappa shape index (κ3) is 2.54. The van der Waals surface area contributed by atoms with Gasteiger partial charge in [0.25, 0.3) is 0 Å². The molecule has 0 aliphatic rings. The minimum absolute atomic E-state index is 0.175. The molecule has 3 aromatic carbocycles. The Morgan fingerprint density at radius 2 is 1.64 bits per heavy atom. The van der Waals surface area contributed by atoms with Crippen molar-refractivity contribution >= 4 is 10.8 Å². The Kier molecular flexibility index (Phi) is 3.80. The summed E-state index contributed by atoms with van der Waals surface area (Å²) >= 11 is 0. The fourth-order valence-electron chi connectivity index (χ4n) is 2.68. The van der Waals surface area contributed by atoms with Crippen molar-refractivity contribution in [2.75, 3.05) is 0 Å². The van der Waals surface area contributed by atoms with Crippen molar-refractivity contribution in [3.63, 3.8) is 0 Å². The molecule has 3 aromatic rings. The molecule has 1 N–H and O–H groups in total. The molecule has 0 bridgehead atoms. The highest BCUT2D eigenvalue weighted by atomic mass is 19.1. The van der Waals surface area contributed by atoms with Crippen LogP contribution in [-0.4, -0.2) is 5.11 Å². The molecule has 0 amide bonds. The molecule has 0 heterocycles. The number of fused-ring (bicyclic) bond motifs is 1. The number of phenols is 1. The number of halogens is 2. The molecular weight excluding hydrogens is 282 g/mol. The summed E-state index contributed by atoms with van der Waals surface area (Å²) in [5.41, 5.74) is 2.82. The first kappa shape index (κ1) is 14.5. The summed E-state index contributed by atoms with van der Waals surface area (Å²) in [5.74, 6) is -2.12. The average molecular weight is 298 g/mol. The van der Waals surface area contributed by atoms with Crippen molar-refractivity contribution in [2.24, 2.45) is 0 Å². The zero-order valence-electron chi connectivity index (χ0n) is 12.2. The van der Waals surface area contributed by atoms with Crippen LogP contribution < -0.4 is 0 Å². The minimum atomic E-state index is -0.917. The summed E-state index contributed by atoms with van der Waals surface area (Å²) in [4.78, 5) is 0. The Morgan fingerprint density at radius 3 is 2.32 bits per heavy atom. The van der Waals surface area contributed by atoms with Crippen molar-refractivity contribution in [3.05, 3.63) is 65.7 Å². The monoisotopic (exact) mass is 298 g/mol. The molecule has 0 spiro atoms. The fraction of sp³-hybridized carbons (Fsp3) is 0.158. The number of benzene rings is 3. The van der Waals surface area contributed by atoms with Crippen LogP contribution in [0.2, 0.25) is 0 Å². The van der Waals surface area contributed by atoms with Crippen LogP contribution in [0.3, 0.4) is 0 Å². The molecule has 0 fully saturated rings. The van der Waals surface area contributed by atoms with Crippen LogP contribution >= 0.6 is 0 Å². The molecule has 0 atom stereocenters. The van der Waals surface area contributed by atoms with Crippen molar-refractivity contribution in [1.29, 1.82) is 0 Å². The molecular formula is C19H16F2O. The van der Waals surface area contributed by atoms with E-state index in [9.17, 15) is 13.9 Å². The number of hydrogen-bond acceptors (Lipinski definition) is 1. The summed E-state index contributed by atoms with van der Waals surface area (Å²) in [6, 6.07) is 13.7. The van der Waals surface area contributed by atoms with E-state index in [-0.39, 0.29) is 5.39 Å². The first-order valence-corrected chi connectivity index (χ1v) is 7.30. The first-order chi connectivity index (χ1) is 10.6. The van der Waals surface area contributed by atoms with Crippen molar-refractivity contribution in [2.45, 2.75) is 19.8 Å². The molecule has 0 aromatic heterocycles. The highest BCUT2D eigenvalue weighted by Gasteiger charge is 2.13. The molecule has 3 rings (SSSR count). The normalized spacial score (nSPS) is 11.0. The molecule has 1 nitrogen and oxygen atoms in total. The average Bonchev–Trinajstić information content (AvgIpc) is 2.51. The van der Waals surface area contributed by atoms with Gasteiger partial charge in [0.1, 0.15) is 5.82 Å². The van der Waals surface area contributed by atoms with Crippen LogP contribution in [0.5, 0.6) is 5.75 Å². The fourth-order valence-corrected chi connectivity index (χ4v) is 2.68. The zero-order valence-corrected chi connectivity index (χ0v) is 12.2. The Balaban J connectivity index is 2.10. The SMILES string of the molecule is CCCc1ccc(-c2cc(F)c3c(F)c(O)ccc3c2)cc1. The van der Waals surface area contributed by atoms with E-state index in [1.807, 2.05) is 24.3 Å². The van der Waals surface area contributed by atoms with Gasteiger partial charge in [-0.2, -0.15) is 0 Å². The number of aromatic hydroxyl groups is 1. The van der Waals surface area contributed by atoms with Gasteiger partial charge in [-0.25, -0.2) is 8.78 Å². The summed E-state index contributed by atoms with van der Waals surface area (Å²) in [6.07, 6.45) is 2.09. The van der Waals surface area contributed by atoms with Gasteiger partial charge in [-0.15, -0.1) is 0 Å². The van der Waals surface area contributed by atoms with Gasteiger partial charge in [-0.05, 0) is 46.7 Å². The predicted molar refractivity (Wildman–Crippen MR) is 85.0 cm³/mol. The maximum Gasteiger partial charge on any atom is 0.175 e. The van der Waals surface area contributed by atoms with Gasteiger partial charge in [0, 0.05) is 0 Å². The van der Waals surface area contributed by atoms with Crippen LogP contribution in [0, 0.1) is 11.6 Å². The van der Waals surface area contributed by atoms with Crippen molar-refractivity contribution < 1.29 is 13.9 Å². The predicted octanol–water partition coefficient (Wildman–Crippen LogP) is 5.44. The lowest BCUT2D eigenvalue weighted by molar-refractivity contribution is 0.435. The highest BCUT2D eigenvalue weighted by molar-refractivity contribution is 5.89. The summed E-state index contributed by atoms with van der Waals surface area (Å²) < 4.78 is 28.1. The van der Waals surface area contributed by atoms with Crippen molar-refractivity contribution in [1.82, 2.24) is 0 Å². The summed E-state index contributed by atoms with van der Waals surface area (Å²) in [7, 11) is 0. The lowest BCUT2D eigenvalue weighted by Crippen LogP contribution is -1.89. The lowest BCUT2D eigenvalue weighted by atomic mass is 9.98. The maximum atomic E-state index is 14.2. The maximum absolute atomic E-state index is 14.2. The van der Waals surface area contributed by atoms with Crippen molar-refractivity contribution in [3.8, 4) is 16.9 Å². The summed E-state index contributed by atoms with van der Waals surface area (Å²) in [6.45, 7) is 2.12. The Labute approximate surface area is 127 Å². The van der Waals surface area contributed by atoms with Crippen LogP contribution in [0.15, 0.2) is 48.5 Å². The van der Waals surface area contributed by atoms with Gasteiger partial charge < -0.3 is 5.11 Å². The molecule has 22 heavy (non-hydrogen) atoms. The third-order valence-corrected chi connectivity index (χ3v) is 3.81. The minimum Gasteiger partial charge on any atom is -0.505 e. The lowest BCUT2D eigenvalue weighted by Gasteiger charge is -2.08. The molecule has 0 saturated heterocycles.